The average molecular weight is 274 g/mol. The van der Waals surface area contributed by atoms with Crippen molar-refractivity contribution in [3.63, 3.8) is 0 Å². The lowest BCUT2D eigenvalue weighted by atomic mass is 10.1. The van der Waals surface area contributed by atoms with E-state index in [1.54, 1.807) is 6.07 Å². The molecule has 0 aliphatic rings. The highest BCUT2D eigenvalue weighted by Gasteiger charge is 2.11. The quantitative estimate of drug-likeness (QED) is 0.841. The molecule has 0 bridgehead atoms. The van der Waals surface area contributed by atoms with Gasteiger partial charge in [-0.15, -0.1) is 0 Å². The van der Waals surface area contributed by atoms with Crippen LogP contribution in [0, 0.1) is 6.92 Å². The number of fused-ring (bicyclic) bond motifs is 1. The Bertz CT molecular complexity index is 697. The van der Waals surface area contributed by atoms with E-state index in [1.165, 1.54) is 13.0 Å². The highest BCUT2D eigenvalue weighted by atomic mass is 16.5. The van der Waals surface area contributed by atoms with E-state index >= 15 is 0 Å². The summed E-state index contributed by atoms with van der Waals surface area (Å²) in [6, 6.07) is 4.94. The summed E-state index contributed by atoms with van der Waals surface area (Å²) in [4.78, 5) is 23.3. The van der Waals surface area contributed by atoms with E-state index in [0.717, 1.165) is 12.0 Å². The van der Waals surface area contributed by atoms with E-state index < -0.39 is 0 Å². The van der Waals surface area contributed by atoms with Gasteiger partial charge < -0.3 is 9.15 Å². The maximum Gasteiger partial charge on any atom is 0.193 e. The van der Waals surface area contributed by atoms with Gasteiger partial charge in [0.15, 0.2) is 5.43 Å². The Morgan fingerprint density at radius 1 is 1.30 bits per heavy atom. The SMILES string of the molecule is CCCOc1cc(C)c2c(=O)cc(CC(C)=O)oc2c1. The largest absolute Gasteiger partial charge is 0.493 e. The molecule has 20 heavy (non-hydrogen) atoms. The third-order valence-electron chi connectivity index (χ3n) is 2.95. The van der Waals surface area contributed by atoms with Crippen LogP contribution in [0.5, 0.6) is 5.75 Å². The first-order chi connectivity index (χ1) is 9.51. The van der Waals surface area contributed by atoms with Crippen LogP contribution in [0.25, 0.3) is 11.0 Å². The molecule has 0 aliphatic heterocycles. The number of hydrogen-bond acceptors (Lipinski definition) is 4. The van der Waals surface area contributed by atoms with E-state index in [1.807, 2.05) is 19.9 Å². The van der Waals surface area contributed by atoms with Crippen molar-refractivity contribution >= 4 is 16.8 Å². The number of carbonyl (C=O) groups excluding carboxylic acids is 1. The Morgan fingerprint density at radius 2 is 2.05 bits per heavy atom. The van der Waals surface area contributed by atoms with Crippen molar-refractivity contribution in [1.29, 1.82) is 0 Å². The summed E-state index contributed by atoms with van der Waals surface area (Å²) in [6.45, 7) is 5.96. The second-order valence-electron chi connectivity index (χ2n) is 4.92. The van der Waals surface area contributed by atoms with Crippen molar-refractivity contribution in [1.82, 2.24) is 0 Å². The second kappa shape index (κ2) is 5.90. The summed E-state index contributed by atoms with van der Waals surface area (Å²) < 4.78 is 11.2. The van der Waals surface area contributed by atoms with Crippen LogP contribution in [0.1, 0.15) is 31.6 Å². The van der Waals surface area contributed by atoms with Crippen molar-refractivity contribution in [2.24, 2.45) is 0 Å². The van der Waals surface area contributed by atoms with Crippen molar-refractivity contribution in [2.45, 2.75) is 33.6 Å². The molecule has 1 aromatic carbocycles. The molecule has 2 aromatic rings. The molecular weight excluding hydrogens is 256 g/mol. The molecule has 1 heterocycles. The highest BCUT2D eigenvalue weighted by molar-refractivity contribution is 5.83. The van der Waals surface area contributed by atoms with Gasteiger partial charge in [-0.05, 0) is 31.9 Å². The van der Waals surface area contributed by atoms with E-state index in [2.05, 4.69) is 0 Å². The van der Waals surface area contributed by atoms with Crippen LogP contribution in [0.2, 0.25) is 0 Å². The van der Waals surface area contributed by atoms with Gasteiger partial charge in [-0.2, -0.15) is 0 Å². The number of rotatable bonds is 5. The second-order valence-corrected chi connectivity index (χ2v) is 4.92. The van der Waals surface area contributed by atoms with E-state index in [-0.39, 0.29) is 17.6 Å². The lowest BCUT2D eigenvalue weighted by Gasteiger charge is -2.08. The highest BCUT2D eigenvalue weighted by Crippen LogP contribution is 2.24. The molecule has 0 saturated carbocycles. The number of carbonyl (C=O) groups is 1. The smallest absolute Gasteiger partial charge is 0.193 e. The van der Waals surface area contributed by atoms with Crippen LogP contribution in [0.3, 0.4) is 0 Å². The monoisotopic (exact) mass is 274 g/mol. The molecule has 0 unspecified atom stereocenters. The van der Waals surface area contributed by atoms with Crippen LogP contribution < -0.4 is 10.2 Å². The van der Waals surface area contributed by atoms with Crippen molar-refractivity contribution < 1.29 is 13.9 Å². The third kappa shape index (κ3) is 3.07. The maximum atomic E-state index is 12.1. The predicted octanol–water partition coefficient (Wildman–Crippen LogP) is 3.02. The lowest BCUT2D eigenvalue weighted by Crippen LogP contribution is -2.07. The Kier molecular flexibility index (Phi) is 4.23. The van der Waals surface area contributed by atoms with Gasteiger partial charge in [0.05, 0.1) is 18.4 Å². The number of benzene rings is 1. The fourth-order valence-corrected chi connectivity index (χ4v) is 2.14. The van der Waals surface area contributed by atoms with Crippen molar-refractivity contribution in [2.75, 3.05) is 6.61 Å². The van der Waals surface area contributed by atoms with Gasteiger partial charge in [0.2, 0.25) is 0 Å². The molecule has 0 N–H and O–H groups in total. The molecule has 0 saturated heterocycles. The summed E-state index contributed by atoms with van der Waals surface area (Å²) in [7, 11) is 0. The van der Waals surface area contributed by atoms with Gasteiger partial charge in [-0.25, -0.2) is 0 Å². The zero-order valence-electron chi connectivity index (χ0n) is 12.0. The summed E-state index contributed by atoms with van der Waals surface area (Å²) >= 11 is 0. The Morgan fingerprint density at radius 3 is 2.70 bits per heavy atom. The molecule has 4 nitrogen and oxygen atoms in total. The first-order valence-electron chi connectivity index (χ1n) is 6.71. The molecule has 2 rings (SSSR count). The summed E-state index contributed by atoms with van der Waals surface area (Å²) in [6.07, 6.45) is 1.04. The molecule has 106 valence electrons. The van der Waals surface area contributed by atoms with Gasteiger partial charge in [0.25, 0.3) is 0 Å². The van der Waals surface area contributed by atoms with Crippen molar-refractivity contribution in [3.05, 3.63) is 39.7 Å². The Balaban J connectivity index is 2.54. The molecule has 0 fully saturated rings. The fourth-order valence-electron chi connectivity index (χ4n) is 2.14. The third-order valence-corrected chi connectivity index (χ3v) is 2.95. The zero-order valence-corrected chi connectivity index (χ0v) is 12.0. The van der Waals surface area contributed by atoms with Gasteiger partial charge in [0, 0.05) is 12.1 Å². The standard InChI is InChI=1S/C16H18O4/c1-4-5-19-12-6-10(2)16-14(18)8-13(7-11(3)17)20-15(16)9-12/h6,8-9H,4-5,7H2,1-3H3. The van der Waals surface area contributed by atoms with Crippen LogP contribution >= 0.6 is 0 Å². The minimum absolute atomic E-state index is 0.0393. The van der Waals surface area contributed by atoms with Gasteiger partial charge in [0.1, 0.15) is 22.9 Å². The molecule has 0 aliphatic carbocycles. The Labute approximate surface area is 117 Å². The number of Topliss-reactive ketones (excluding diaryl/α,β-unsaturated/α-hetero) is 1. The van der Waals surface area contributed by atoms with Crippen LogP contribution in [0.4, 0.5) is 0 Å². The minimum Gasteiger partial charge on any atom is -0.493 e. The molecular formula is C16H18O4. The number of ketones is 1. The molecule has 4 heteroatoms. The summed E-state index contributed by atoms with van der Waals surface area (Å²) in [5.74, 6) is 1.03. The van der Waals surface area contributed by atoms with Gasteiger partial charge in [-0.1, -0.05) is 6.92 Å². The summed E-state index contributed by atoms with van der Waals surface area (Å²) in [5, 5.41) is 0.543. The van der Waals surface area contributed by atoms with Crippen LogP contribution in [-0.2, 0) is 11.2 Å². The number of ether oxygens (including phenoxy) is 1. The predicted molar refractivity (Wildman–Crippen MR) is 77.4 cm³/mol. The molecule has 1 aromatic heterocycles. The molecule has 0 atom stereocenters. The van der Waals surface area contributed by atoms with Gasteiger partial charge in [-0.3, -0.25) is 9.59 Å². The van der Waals surface area contributed by atoms with E-state index in [9.17, 15) is 9.59 Å². The molecule has 0 spiro atoms. The molecule has 0 amide bonds. The summed E-state index contributed by atoms with van der Waals surface area (Å²) in [5.41, 5.74) is 1.17. The van der Waals surface area contributed by atoms with E-state index in [0.29, 0.717) is 29.1 Å². The lowest BCUT2D eigenvalue weighted by molar-refractivity contribution is -0.116. The Hall–Kier alpha value is -2.10. The average Bonchev–Trinajstić information content (AvgIpc) is 2.34. The van der Waals surface area contributed by atoms with Gasteiger partial charge >= 0.3 is 0 Å². The zero-order chi connectivity index (χ0) is 14.7. The normalized spacial score (nSPS) is 10.8. The maximum absolute atomic E-state index is 12.1. The van der Waals surface area contributed by atoms with Crippen molar-refractivity contribution in [3.8, 4) is 5.75 Å². The van der Waals surface area contributed by atoms with Crippen LogP contribution in [-0.4, -0.2) is 12.4 Å². The minimum atomic E-state index is -0.123. The topological polar surface area (TPSA) is 56.5 Å². The fraction of sp³-hybridized carbons (Fsp3) is 0.375. The van der Waals surface area contributed by atoms with E-state index in [4.69, 9.17) is 9.15 Å². The molecule has 0 radical (unpaired) electrons. The van der Waals surface area contributed by atoms with Crippen LogP contribution in [0.15, 0.2) is 27.4 Å². The number of hydrogen-bond donors (Lipinski definition) is 0. The first kappa shape index (κ1) is 14.3. The first-order valence-corrected chi connectivity index (χ1v) is 6.71. The number of aryl methyl sites for hydroxylation is 1.